The van der Waals surface area contributed by atoms with Gasteiger partial charge in [0, 0.05) is 5.02 Å². The van der Waals surface area contributed by atoms with Gasteiger partial charge in [-0.1, -0.05) is 76.0 Å². The summed E-state index contributed by atoms with van der Waals surface area (Å²) in [7, 11) is 0. The molecule has 0 aliphatic heterocycles. The van der Waals surface area contributed by atoms with Crippen molar-refractivity contribution in [2.45, 2.75) is 109 Å². The molecule has 170 valence electrons. The Labute approximate surface area is 186 Å². The molecule has 2 saturated carbocycles. The lowest BCUT2D eigenvalue weighted by Gasteiger charge is -2.38. The number of benzene rings is 1. The van der Waals surface area contributed by atoms with Crippen LogP contribution in [0.1, 0.15) is 114 Å². The quantitative estimate of drug-likeness (QED) is 0.351. The Morgan fingerprint density at radius 1 is 0.833 bits per heavy atom. The van der Waals surface area contributed by atoms with E-state index in [1.807, 2.05) is 0 Å². The van der Waals surface area contributed by atoms with E-state index in [-0.39, 0.29) is 5.02 Å². The first-order valence-electron chi connectivity index (χ1n) is 12.2. The SMILES string of the molecule is CCCCCCCC1CCC(C2CCC(c3ccc(C(F)(F)F)cc3Cl)CC2)CC1. The van der Waals surface area contributed by atoms with Gasteiger partial charge in [-0.2, -0.15) is 13.2 Å². The van der Waals surface area contributed by atoms with Crippen molar-refractivity contribution in [2.24, 2.45) is 17.8 Å². The summed E-state index contributed by atoms with van der Waals surface area (Å²) >= 11 is 6.24. The van der Waals surface area contributed by atoms with E-state index in [4.69, 9.17) is 11.6 Å². The van der Waals surface area contributed by atoms with Gasteiger partial charge in [0.05, 0.1) is 5.56 Å². The average Bonchev–Trinajstić information content (AvgIpc) is 2.73. The second kappa shape index (κ2) is 11.2. The lowest BCUT2D eigenvalue weighted by atomic mass is 9.68. The molecule has 2 aliphatic carbocycles. The largest absolute Gasteiger partial charge is 0.416 e. The van der Waals surface area contributed by atoms with Gasteiger partial charge in [-0.3, -0.25) is 0 Å². The van der Waals surface area contributed by atoms with Crippen LogP contribution in [0, 0.1) is 17.8 Å². The summed E-state index contributed by atoms with van der Waals surface area (Å²) in [6.45, 7) is 2.27. The molecule has 0 unspecified atom stereocenters. The Hall–Kier alpha value is -0.700. The second-order valence-electron chi connectivity index (χ2n) is 9.83. The van der Waals surface area contributed by atoms with Gasteiger partial charge in [0.25, 0.3) is 0 Å². The summed E-state index contributed by atoms with van der Waals surface area (Å²) in [5.41, 5.74) is 0.266. The molecule has 0 nitrogen and oxygen atoms in total. The van der Waals surface area contributed by atoms with E-state index in [0.29, 0.717) is 5.92 Å². The molecule has 30 heavy (non-hydrogen) atoms. The van der Waals surface area contributed by atoms with Crippen molar-refractivity contribution in [3.05, 3.63) is 34.3 Å². The van der Waals surface area contributed by atoms with E-state index in [1.54, 1.807) is 6.07 Å². The lowest BCUT2D eigenvalue weighted by Crippen LogP contribution is -2.25. The van der Waals surface area contributed by atoms with Crippen molar-refractivity contribution >= 4 is 11.6 Å². The minimum absolute atomic E-state index is 0.285. The zero-order valence-corrected chi connectivity index (χ0v) is 19.2. The van der Waals surface area contributed by atoms with Gasteiger partial charge >= 0.3 is 6.18 Å². The molecule has 0 bridgehead atoms. The fraction of sp³-hybridized carbons (Fsp3) is 0.769. The molecule has 4 heteroatoms. The molecule has 1 aromatic carbocycles. The number of hydrogen-bond acceptors (Lipinski definition) is 0. The summed E-state index contributed by atoms with van der Waals surface area (Å²) in [4.78, 5) is 0. The van der Waals surface area contributed by atoms with Crippen molar-refractivity contribution in [1.82, 2.24) is 0 Å². The lowest BCUT2D eigenvalue weighted by molar-refractivity contribution is -0.137. The number of alkyl halides is 3. The van der Waals surface area contributed by atoms with Gasteiger partial charge in [-0.05, 0) is 79.9 Å². The monoisotopic (exact) mass is 442 g/mol. The van der Waals surface area contributed by atoms with Gasteiger partial charge in [0.2, 0.25) is 0 Å². The number of hydrogen-bond donors (Lipinski definition) is 0. The normalized spacial score (nSPS) is 27.9. The van der Waals surface area contributed by atoms with E-state index < -0.39 is 11.7 Å². The summed E-state index contributed by atoms with van der Waals surface area (Å²) in [6.07, 6.45) is 14.1. The minimum Gasteiger partial charge on any atom is -0.166 e. The Morgan fingerprint density at radius 3 is 2.00 bits per heavy atom. The standard InChI is InChI=1S/C26H38ClF3/c1-2-3-4-5-6-7-19-8-10-20(11-9-19)21-12-14-22(15-13-21)24-17-16-23(18-25(24)27)26(28,29)30/h16-22H,2-15H2,1H3. The predicted octanol–water partition coefficient (Wildman–Crippen LogP) is 9.80. The Morgan fingerprint density at radius 2 is 1.43 bits per heavy atom. The number of unbranched alkanes of at least 4 members (excludes halogenated alkanes) is 4. The molecule has 0 heterocycles. The molecule has 0 aromatic heterocycles. The molecule has 2 fully saturated rings. The maximum atomic E-state index is 12.9. The molecule has 0 radical (unpaired) electrons. The van der Waals surface area contributed by atoms with Gasteiger partial charge in [0.15, 0.2) is 0 Å². The van der Waals surface area contributed by atoms with E-state index in [1.165, 1.54) is 83.1 Å². The van der Waals surface area contributed by atoms with Gasteiger partial charge in [-0.25, -0.2) is 0 Å². The predicted molar refractivity (Wildman–Crippen MR) is 120 cm³/mol. The van der Waals surface area contributed by atoms with Gasteiger partial charge in [-0.15, -0.1) is 0 Å². The first-order valence-corrected chi connectivity index (χ1v) is 12.6. The van der Waals surface area contributed by atoms with Crippen LogP contribution in [-0.2, 0) is 6.18 Å². The molecule has 0 spiro atoms. The number of rotatable bonds is 8. The van der Waals surface area contributed by atoms with Crippen molar-refractivity contribution in [1.29, 1.82) is 0 Å². The topological polar surface area (TPSA) is 0 Å². The van der Waals surface area contributed by atoms with E-state index in [2.05, 4.69) is 6.92 Å². The molecule has 0 amide bonds. The zero-order chi connectivity index (χ0) is 21.6. The van der Waals surface area contributed by atoms with Crippen molar-refractivity contribution in [3.63, 3.8) is 0 Å². The van der Waals surface area contributed by atoms with Crippen LogP contribution in [0.25, 0.3) is 0 Å². The summed E-state index contributed by atoms with van der Waals surface area (Å²) in [6, 6.07) is 3.91. The van der Waals surface area contributed by atoms with Crippen LogP contribution < -0.4 is 0 Å². The van der Waals surface area contributed by atoms with E-state index in [9.17, 15) is 13.2 Å². The smallest absolute Gasteiger partial charge is 0.166 e. The Kier molecular flexibility index (Phi) is 8.98. The average molecular weight is 443 g/mol. The molecule has 0 atom stereocenters. The summed E-state index contributed by atoms with van der Waals surface area (Å²) < 4.78 is 38.7. The first-order chi connectivity index (χ1) is 14.4. The molecular weight excluding hydrogens is 405 g/mol. The zero-order valence-electron chi connectivity index (χ0n) is 18.5. The minimum atomic E-state index is -4.33. The summed E-state index contributed by atoms with van der Waals surface area (Å²) in [5, 5.41) is 0.285. The fourth-order valence-electron chi connectivity index (χ4n) is 5.92. The fourth-order valence-corrected chi connectivity index (χ4v) is 6.26. The Bertz CT molecular complexity index is 638. The van der Waals surface area contributed by atoms with E-state index in [0.717, 1.165) is 42.2 Å². The highest BCUT2D eigenvalue weighted by atomic mass is 35.5. The highest BCUT2D eigenvalue weighted by Crippen LogP contribution is 2.46. The molecule has 0 saturated heterocycles. The highest BCUT2D eigenvalue weighted by Gasteiger charge is 2.34. The third-order valence-corrected chi connectivity index (χ3v) is 8.14. The number of halogens is 4. The molecule has 2 aliphatic rings. The third kappa shape index (κ3) is 6.65. The maximum absolute atomic E-state index is 12.9. The summed E-state index contributed by atoms with van der Waals surface area (Å²) in [5.74, 6) is 2.94. The van der Waals surface area contributed by atoms with Gasteiger partial charge in [0.1, 0.15) is 0 Å². The highest BCUT2D eigenvalue weighted by molar-refractivity contribution is 6.31. The van der Waals surface area contributed by atoms with Crippen LogP contribution in [0.15, 0.2) is 18.2 Å². The van der Waals surface area contributed by atoms with Crippen LogP contribution in [0.2, 0.25) is 5.02 Å². The van der Waals surface area contributed by atoms with Crippen LogP contribution >= 0.6 is 11.6 Å². The molecular formula is C26H38ClF3. The maximum Gasteiger partial charge on any atom is 0.416 e. The Balaban J connectivity index is 1.41. The molecule has 1 aromatic rings. The van der Waals surface area contributed by atoms with Crippen molar-refractivity contribution in [2.75, 3.05) is 0 Å². The van der Waals surface area contributed by atoms with Crippen molar-refractivity contribution < 1.29 is 13.2 Å². The van der Waals surface area contributed by atoms with Crippen molar-refractivity contribution in [3.8, 4) is 0 Å². The molecule has 3 rings (SSSR count). The third-order valence-electron chi connectivity index (χ3n) is 7.81. The first kappa shape index (κ1) is 24.0. The van der Waals surface area contributed by atoms with E-state index >= 15 is 0 Å². The van der Waals surface area contributed by atoms with Crippen LogP contribution in [0.5, 0.6) is 0 Å². The molecule has 0 N–H and O–H groups in total. The van der Waals surface area contributed by atoms with Crippen LogP contribution in [0.3, 0.4) is 0 Å². The van der Waals surface area contributed by atoms with Gasteiger partial charge < -0.3 is 0 Å². The van der Waals surface area contributed by atoms with Crippen LogP contribution in [-0.4, -0.2) is 0 Å². The van der Waals surface area contributed by atoms with Crippen LogP contribution in [0.4, 0.5) is 13.2 Å². The second-order valence-corrected chi connectivity index (χ2v) is 10.2.